The van der Waals surface area contributed by atoms with Crippen LogP contribution in [0.5, 0.6) is 0 Å². The molecule has 0 spiro atoms. The second-order valence-corrected chi connectivity index (χ2v) is 7.17. The lowest BCUT2D eigenvalue weighted by Gasteiger charge is -2.36. The molecule has 1 heterocycles. The number of rotatable bonds is 5. The maximum absolute atomic E-state index is 12.5. The first-order chi connectivity index (χ1) is 11.6. The fraction of sp³-hybridized carbons (Fsp3) is 0.632. The number of hydrogen-bond donors (Lipinski definition) is 2. The van der Waals surface area contributed by atoms with Gasteiger partial charge in [0.15, 0.2) is 0 Å². The number of piperazine rings is 1. The Balaban J connectivity index is 0.00000169. The summed E-state index contributed by atoms with van der Waals surface area (Å²) in [5.74, 6) is 0.621. The largest absolute Gasteiger partial charge is 0.387 e. The number of nitrogens with zero attached hydrogens (tertiary/aromatic N) is 2. The number of aliphatic hydroxyl groups is 1. The molecule has 1 aromatic carbocycles. The van der Waals surface area contributed by atoms with Crippen LogP contribution in [0.4, 0.5) is 0 Å². The first-order valence-electron chi connectivity index (χ1n) is 9.12. The Morgan fingerprint density at radius 3 is 2.35 bits per heavy atom. The van der Waals surface area contributed by atoms with Gasteiger partial charge < -0.3 is 15.7 Å². The van der Waals surface area contributed by atoms with Crippen LogP contribution in [-0.2, 0) is 4.79 Å². The highest BCUT2D eigenvalue weighted by molar-refractivity contribution is 5.85. The zero-order valence-corrected chi connectivity index (χ0v) is 16.8. The third-order valence-electron chi connectivity index (χ3n) is 5.50. The lowest BCUT2D eigenvalue weighted by Crippen LogP contribution is -2.50. The van der Waals surface area contributed by atoms with Gasteiger partial charge >= 0.3 is 0 Å². The van der Waals surface area contributed by atoms with E-state index in [1.807, 2.05) is 35.2 Å². The van der Waals surface area contributed by atoms with Crippen LogP contribution in [0.1, 0.15) is 37.4 Å². The van der Waals surface area contributed by atoms with Gasteiger partial charge in [0.2, 0.25) is 5.91 Å². The summed E-state index contributed by atoms with van der Waals surface area (Å²) in [6, 6.07) is 9.96. The molecule has 3 atom stereocenters. The minimum absolute atomic E-state index is 0. The predicted molar refractivity (Wildman–Crippen MR) is 109 cm³/mol. The molecule has 2 aliphatic rings. The zero-order valence-electron chi connectivity index (χ0n) is 15.1. The molecular formula is C19H31Cl2N3O2. The maximum Gasteiger partial charge on any atom is 0.222 e. The number of amides is 1. The number of benzene rings is 1. The summed E-state index contributed by atoms with van der Waals surface area (Å²) in [5, 5.41) is 10.3. The number of hydrogen-bond acceptors (Lipinski definition) is 4. The fourth-order valence-electron chi connectivity index (χ4n) is 3.88. The zero-order chi connectivity index (χ0) is 16.9. The Bertz CT molecular complexity index is 539. The van der Waals surface area contributed by atoms with E-state index in [-0.39, 0.29) is 36.8 Å². The van der Waals surface area contributed by atoms with E-state index in [9.17, 15) is 9.90 Å². The van der Waals surface area contributed by atoms with Crippen LogP contribution in [0.15, 0.2) is 30.3 Å². The standard InChI is InChI=1S/C19H29N3O2.2ClH/c20-17-8-4-7-16(17)13-19(24)22-11-9-21(10-12-22)14-18(23)15-5-2-1-3-6-15;;/h1-3,5-6,16-18,23H,4,7-14,20H2;2*1H/t16-,17+,18?;;/m0../s1. The second kappa shape index (κ2) is 11.1. The van der Waals surface area contributed by atoms with E-state index in [4.69, 9.17) is 5.73 Å². The Kier molecular flexibility index (Phi) is 9.90. The van der Waals surface area contributed by atoms with Gasteiger partial charge in [0.05, 0.1) is 6.10 Å². The van der Waals surface area contributed by atoms with Crippen molar-refractivity contribution < 1.29 is 9.90 Å². The first-order valence-corrected chi connectivity index (χ1v) is 9.12. The molecular weight excluding hydrogens is 373 g/mol. The predicted octanol–water partition coefficient (Wildman–Crippen LogP) is 2.23. The monoisotopic (exact) mass is 403 g/mol. The van der Waals surface area contributed by atoms with Crippen molar-refractivity contribution in [3.05, 3.63) is 35.9 Å². The lowest BCUT2D eigenvalue weighted by atomic mass is 9.99. The molecule has 1 aromatic rings. The molecule has 3 rings (SSSR count). The van der Waals surface area contributed by atoms with Crippen molar-refractivity contribution in [2.24, 2.45) is 11.7 Å². The summed E-state index contributed by atoms with van der Waals surface area (Å²) < 4.78 is 0. The summed E-state index contributed by atoms with van der Waals surface area (Å²) >= 11 is 0. The molecule has 1 unspecified atom stereocenters. The van der Waals surface area contributed by atoms with Gasteiger partial charge in [-0.25, -0.2) is 0 Å². The number of carbonyl (C=O) groups excluding carboxylic acids is 1. The molecule has 2 fully saturated rings. The van der Waals surface area contributed by atoms with Crippen LogP contribution in [0.3, 0.4) is 0 Å². The number of aliphatic hydroxyl groups excluding tert-OH is 1. The minimum atomic E-state index is -0.468. The van der Waals surface area contributed by atoms with Crippen molar-refractivity contribution in [3.63, 3.8) is 0 Å². The summed E-state index contributed by atoms with van der Waals surface area (Å²) in [6.45, 7) is 3.78. The molecule has 3 N–H and O–H groups in total. The van der Waals surface area contributed by atoms with Crippen molar-refractivity contribution in [1.82, 2.24) is 9.80 Å². The van der Waals surface area contributed by atoms with Crippen molar-refractivity contribution in [2.75, 3.05) is 32.7 Å². The van der Waals surface area contributed by atoms with Gasteiger partial charge in [-0.05, 0) is 24.3 Å². The summed E-state index contributed by atoms with van der Waals surface area (Å²) in [6.07, 6.45) is 3.45. The van der Waals surface area contributed by atoms with Crippen LogP contribution >= 0.6 is 24.8 Å². The first kappa shape index (κ1) is 23.2. The second-order valence-electron chi connectivity index (χ2n) is 7.17. The fourth-order valence-corrected chi connectivity index (χ4v) is 3.88. The molecule has 1 saturated heterocycles. The summed E-state index contributed by atoms with van der Waals surface area (Å²) in [5.41, 5.74) is 7.03. The van der Waals surface area contributed by atoms with E-state index >= 15 is 0 Å². The Morgan fingerprint density at radius 1 is 1.12 bits per heavy atom. The molecule has 0 radical (unpaired) electrons. The topological polar surface area (TPSA) is 69.8 Å². The third kappa shape index (κ3) is 6.10. The van der Waals surface area contributed by atoms with Crippen molar-refractivity contribution in [3.8, 4) is 0 Å². The SMILES string of the molecule is Cl.Cl.N[C@@H]1CCC[C@H]1CC(=O)N1CCN(CC(O)c2ccccc2)CC1. The van der Waals surface area contributed by atoms with E-state index in [0.717, 1.165) is 51.0 Å². The lowest BCUT2D eigenvalue weighted by molar-refractivity contribution is -0.134. The smallest absolute Gasteiger partial charge is 0.222 e. The molecule has 5 nitrogen and oxygen atoms in total. The molecule has 1 aliphatic carbocycles. The van der Waals surface area contributed by atoms with Crippen LogP contribution < -0.4 is 5.73 Å². The van der Waals surface area contributed by atoms with E-state index < -0.39 is 6.10 Å². The van der Waals surface area contributed by atoms with E-state index in [0.29, 0.717) is 18.9 Å². The van der Waals surface area contributed by atoms with Gasteiger partial charge in [0.1, 0.15) is 0 Å². The number of carbonyl (C=O) groups is 1. The highest BCUT2D eigenvalue weighted by Crippen LogP contribution is 2.27. The van der Waals surface area contributed by atoms with Gasteiger partial charge in [-0.1, -0.05) is 36.8 Å². The van der Waals surface area contributed by atoms with Crippen molar-refractivity contribution in [2.45, 2.75) is 37.8 Å². The van der Waals surface area contributed by atoms with Crippen molar-refractivity contribution in [1.29, 1.82) is 0 Å². The van der Waals surface area contributed by atoms with Gasteiger partial charge in [0.25, 0.3) is 0 Å². The van der Waals surface area contributed by atoms with E-state index in [1.54, 1.807) is 0 Å². The molecule has 26 heavy (non-hydrogen) atoms. The van der Waals surface area contributed by atoms with Crippen LogP contribution in [0.25, 0.3) is 0 Å². The molecule has 1 aliphatic heterocycles. The van der Waals surface area contributed by atoms with E-state index in [1.165, 1.54) is 0 Å². The van der Waals surface area contributed by atoms with E-state index in [2.05, 4.69) is 4.90 Å². The van der Waals surface area contributed by atoms with Crippen molar-refractivity contribution >= 4 is 30.7 Å². The molecule has 1 amide bonds. The quantitative estimate of drug-likeness (QED) is 0.790. The van der Waals surface area contributed by atoms with Gasteiger partial charge in [0, 0.05) is 45.2 Å². The highest BCUT2D eigenvalue weighted by atomic mass is 35.5. The number of nitrogens with two attached hydrogens (primary N) is 1. The molecule has 7 heteroatoms. The molecule has 1 saturated carbocycles. The normalized spacial score (nSPS) is 24.5. The maximum atomic E-state index is 12.5. The summed E-state index contributed by atoms with van der Waals surface area (Å²) in [7, 11) is 0. The Hall–Kier alpha value is -0.850. The minimum Gasteiger partial charge on any atom is -0.387 e. The number of β-amino-alcohol motifs (C(OH)–C–C–N with tert-alkyl or cyclic N) is 1. The van der Waals surface area contributed by atoms with Crippen LogP contribution in [0, 0.1) is 5.92 Å². The van der Waals surface area contributed by atoms with Gasteiger partial charge in [-0.2, -0.15) is 0 Å². The molecule has 0 bridgehead atoms. The third-order valence-corrected chi connectivity index (χ3v) is 5.50. The van der Waals surface area contributed by atoms with Crippen LogP contribution in [0.2, 0.25) is 0 Å². The average molecular weight is 404 g/mol. The van der Waals surface area contributed by atoms with Crippen LogP contribution in [-0.4, -0.2) is 59.6 Å². The number of halogens is 2. The molecule has 0 aromatic heterocycles. The summed E-state index contributed by atoms with van der Waals surface area (Å²) in [4.78, 5) is 16.7. The van der Waals surface area contributed by atoms with Gasteiger partial charge in [-0.3, -0.25) is 9.69 Å². The average Bonchev–Trinajstić information content (AvgIpc) is 3.01. The Morgan fingerprint density at radius 2 is 1.77 bits per heavy atom. The molecule has 148 valence electrons. The van der Waals surface area contributed by atoms with Gasteiger partial charge in [-0.15, -0.1) is 24.8 Å². The Labute approximate surface area is 168 Å². The highest BCUT2D eigenvalue weighted by Gasteiger charge is 2.29.